The van der Waals surface area contributed by atoms with E-state index >= 15 is 0 Å². The molecule has 0 radical (unpaired) electrons. The fraction of sp³-hybridized carbons (Fsp3) is 0.875. The third-order valence-corrected chi connectivity index (χ3v) is 4.59. The Labute approximate surface area is 127 Å². The van der Waals surface area contributed by atoms with Crippen LogP contribution in [0.3, 0.4) is 0 Å². The number of hydrogen-bond acceptors (Lipinski definition) is 5. The number of hydrogen-bond donors (Lipinski definition) is 1. The molecule has 1 N–H and O–H groups in total. The second kappa shape index (κ2) is 7.36. The number of aromatic nitrogens is 2. The third kappa shape index (κ3) is 4.04. The molecule has 5 nitrogen and oxygen atoms in total. The zero-order chi connectivity index (χ0) is 15.3. The van der Waals surface area contributed by atoms with Crippen LogP contribution in [0.25, 0.3) is 0 Å². The monoisotopic (exact) mass is 295 g/mol. The van der Waals surface area contributed by atoms with Crippen molar-refractivity contribution in [3.05, 3.63) is 11.7 Å². The van der Waals surface area contributed by atoms with Crippen molar-refractivity contribution in [3.63, 3.8) is 0 Å². The lowest BCUT2D eigenvalue weighted by atomic mass is 9.79. The maximum Gasteiger partial charge on any atom is 0.240 e. The van der Waals surface area contributed by atoms with Crippen LogP contribution in [-0.4, -0.2) is 22.8 Å². The van der Waals surface area contributed by atoms with Gasteiger partial charge in [-0.2, -0.15) is 4.98 Å². The summed E-state index contributed by atoms with van der Waals surface area (Å²) in [5, 5.41) is 7.59. The highest BCUT2D eigenvalue weighted by Crippen LogP contribution is 2.41. The van der Waals surface area contributed by atoms with Gasteiger partial charge in [-0.25, -0.2) is 0 Å². The highest BCUT2D eigenvalue weighted by Gasteiger charge is 2.40. The van der Waals surface area contributed by atoms with Crippen LogP contribution in [0.4, 0.5) is 0 Å². The van der Waals surface area contributed by atoms with Crippen molar-refractivity contribution < 1.29 is 9.26 Å². The summed E-state index contributed by atoms with van der Waals surface area (Å²) < 4.78 is 11.5. The fourth-order valence-electron chi connectivity index (χ4n) is 2.85. The van der Waals surface area contributed by atoms with Gasteiger partial charge in [0.2, 0.25) is 11.7 Å². The molecule has 1 atom stereocenters. The molecule has 1 aromatic heterocycles. The smallest absolute Gasteiger partial charge is 0.240 e. The second-order valence-corrected chi connectivity index (χ2v) is 6.31. The van der Waals surface area contributed by atoms with Crippen molar-refractivity contribution in [2.75, 3.05) is 6.61 Å². The first-order valence-corrected chi connectivity index (χ1v) is 8.30. The zero-order valence-corrected chi connectivity index (χ0v) is 13.8. The average molecular weight is 295 g/mol. The quantitative estimate of drug-likeness (QED) is 0.835. The molecule has 1 fully saturated rings. The Kier molecular flexibility index (Phi) is 5.76. The lowest BCUT2D eigenvalue weighted by molar-refractivity contribution is -0.0847. The van der Waals surface area contributed by atoms with Crippen LogP contribution >= 0.6 is 0 Å². The van der Waals surface area contributed by atoms with Crippen LogP contribution in [-0.2, 0) is 16.9 Å². The molecule has 1 aromatic rings. The predicted octanol–water partition coefficient (Wildman–Crippen LogP) is 3.40. The second-order valence-electron chi connectivity index (χ2n) is 6.31. The minimum absolute atomic E-state index is 0.334. The normalized spacial score (nSPS) is 27.7. The molecule has 0 aromatic carbocycles. The number of ether oxygens (including phenoxy) is 1. The van der Waals surface area contributed by atoms with E-state index in [0.29, 0.717) is 25.1 Å². The molecule has 1 aliphatic carbocycles. The van der Waals surface area contributed by atoms with E-state index < -0.39 is 0 Å². The highest BCUT2D eigenvalue weighted by molar-refractivity contribution is 5.04. The molecule has 0 saturated heterocycles. The van der Waals surface area contributed by atoms with E-state index in [9.17, 15) is 0 Å². The van der Waals surface area contributed by atoms with E-state index in [1.165, 1.54) is 0 Å². The number of nitrogens with one attached hydrogen (secondary N) is 1. The van der Waals surface area contributed by atoms with E-state index in [2.05, 4.69) is 36.2 Å². The lowest BCUT2D eigenvalue weighted by Gasteiger charge is -2.36. The summed E-state index contributed by atoms with van der Waals surface area (Å²) in [6.07, 6.45) is 5.38. The first-order valence-electron chi connectivity index (χ1n) is 8.30. The molecule has 0 spiro atoms. The van der Waals surface area contributed by atoms with Crippen LogP contribution in [0.5, 0.6) is 0 Å². The van der Waals surface area contributed by atoms with E-state index in [0.717, 1.165) is 43.8 Å². The molecule has 0 amide bonds. The third-order valence-electron chi connectivity index (χ3n) is 4.59. The summed E-state index contributed by atoms with van der Waals surface area (Å²) in [5.74, 6) is 2.15. The summed E-state index contributed by atoms with van der Waals surface area (Å²) in [7, 11) is 0. The van der Waals surface area contributed by atoms with Crippen LogP contribution in [0, 0.1) is 5.92 Å². The Morgan fingerprint density at radius 1 is 1.38 bits per heavy atom. The summed E-state index contributed by atoms with van der Waals surface area (Å²) in [4.78, 5) is 4.59. The Balaban J connectivity index is 2.05. The molecule has 120 valence electrons. The first-order chi connectivity index (χ1) is 10.1. The van der Waals surface area contributed by atoms with E-state index in [1.807, 2.05) is 6.92 Å². The fourth-order valence-corrected chi connectivity index (χ4v) is 2.85. The van der Waals surface area contributed by atoms with Gasteiger partial charge in [-0.05, 0) is 51.9 Å². The van der Waals surface area contributed by atoms with Crippen molar-refractivity contribution in [1.29, 1.82) is 0 Å². The molecule has 1 unspecified atom stereocenters. The average Bonchev–Trinajstić information content (AvgIpc) is 2.97. The summed E-state index contributed by atoms with van der Waals surface area (Å²) in [6, 6.07) is 0.455. The lowest BCUT2D eigenvalue weighted by Crippen LogP contribution is -2.35. The Bertz CT molecular complexity index is 425. The molecule has 5 heteroatoms. The molecule has 21 heavy (non-hydrogen) atoms. The summed E-state index contributed by atoms with van der Waals surface area (Å²) in [6.45, 7) is 9.95. The summed E-state index contributed by atoms with van der Waals surface area (Å²) >= 11 is 0. The van der Waals surface area contributed by atoms with Gasteiger partial charge in [0.15, 0.2) is 0 Å². The van der Waals surface area contributed by atoms with Crippen molar-refractivity contribution in [2.24, 2.45) is 5.92 Å². The molecule has 1 heterocycles. The van der Waals surface area contributed by atoms with Gasteiger partial charge in [-0.3, -0.25) is 0 Å². The van der Waals surface area contributed by atoms with Gasteiger partial charge < -0.3 is 14.6 Å². The number of rotatable bonds is 7. The minimum atomic E-state index is -0.334. The van der Waals surface area contributed by atoms with Gasteiger partial charge in [0.25, 0.3) is 0 Å². The standard InChI is InChI=1S/C16H29N3O2/c1-5-13(4)17-11-14-18-15(19-21-14)16(20-6-2)9-7-12(3)8-10-16/h12-13,17H,5-11H2,1-4H3. The molecular formula is C16H29N3O2. The van der Waals surface area contributed by atoms with Gasteiger partial charge in [0.05, 0.1) is 6.54 Å². The number of nitrogens with zero attached hydrogens (tertiary/aromatic N) is 2. The van der Waals surface area contributed by atoms with Gasteiger partial charge in [0, 0.05) is 12.6 Å². The maximum atomic E-state index is 6.06. The molecule has 1 aliphatic rings. The Morgan fingerprint density at radius 3 is 2.71 bits per heavy atom. The van der Waals surface area contributed by atoms with Crippen molar-refractivity contribution >= 4 is 0 Å². The zero-order valence-electron chi connectivity index (χ0n) is 13.8. The topological polar surface area (TPSA) is 60.2 Å². The minimum Gasteiger partial charge on any atom is -0.367 e. The Hall–Kier alpha value is -0.940. The molecule has 1 saturated carbocycles. The van der Waals surface area contributed by atoms with Crippen molar-refractivity contribution in [3.8, 4) is 0 Å². The molecule has 0 bridgehead atoms. The van der Waals surface area contributed by atoms with Gasteiger partial charge >= 0.3 is 0 Å². The largest absolute Gasteiger partial charge is 0.367 e. The van der Waals surface area contributed by atoms with E-state index in [-0.39, 0.29) is 5.60 Å². The van der Waals surface area contributed by atoms with Gasteiger partial charge in [-0.15, -0.1) is 0 Å². The maximum absolute atomic E-state index is 6.06. The molecule has 0 aliphatic heterocycles. The summed E-state index contributed by atoms with van der Waals surface area (Å²) in [5.41, 5.74) is -0.334. The van der Waals surface area contributed by atoms with Crippen LogP contribution in [0.15, 0.2) is 4.52 Å². The van der Waals surface area contributed by atoms with Gasteiger partial charge in [0.1, 0.15) is 5.60 Å². The highest BCUT2D eigenvalue weighted by atomic mass is 16.5. The molecule has 2 rings (SSSR count). The Morgan fingerprint density at radius 2 is 2.10 bits per heavy atom. The van der Waals surface area contributed by atoms with Gasteiger partial charge in [-0.1, -0.05) is 19.0 Å². The van der Waals surface area contributed by atoms with Crippen LogP contribution in [0.1, 0.15) is 71.5 Å². The molecular weight excluding hydrogens is 266 g/mol. The predicted molar refractivity (Wildman–Crippen MR) is 81.8 cm³/mol. The van der Waals surface area contributed by atoms with E-state index in [1.54, 1.807) is 0 Å². The van der Waals surface area contributed by atoms with Crippen molar-refractivity contribution in [2.45, 2.75) is 78.0 Å². The SMILES string of the molecule is CCOC1(c2noc(CNC(C)CC)n2)CCC(C)CC1. The van der Waals surface area contributed by atoms with Crippen LogP contribution in [0.2, 0.25) is 0 Å². The first kappa shape index (κ1) is 16.4. The van der Waals surface area contributed by atoms with E-state index in [4.69, 9.17) is 9.26 Å². The van der Waals surface area contributed by atoms with Crippen LogP contribution < -0.4 is 5.32 Å². The van der Waals surface area contributed by atoms with Crippen molar-refractivity contribution in [1.82, 2.24) is 15.5 Å².